The summed E-state index contributed by atoms with van der Waals surface area (Å²) in [5, 5.41) is 2.51. The lowest BCUT2D eigenvalue weighted by Crippen LogP contribution is -2.45. The van der Waals surface area contributed by atoms with E-state index in [-0.39, 0.29) is 4.47 Å². The number of amides is 1. The average molecular weight is 385 g/mol. The first kappa shape index (κ1) is 18.0. The molecule has 1 aromatic rings. The molecule has 1 unspecified atom stereocenters. The molecule has 1 aromatic carbocycles. The van der Waals surface area contributed by atoms with E-state index in [4.69, 9.17) is 0 Å². The molecule has 0 aromatic heterocycles. The number of sulfonamides is 1. The van der Waals surface area contributed by atoms with Crippen molar-refractivity contribution >= 4 is 31.9 Å². The van der Waals surface area contributed by atoms with E-state index in [1.54, 1.807) is 0 Å². The Morgan fingerprint density at radius 1 is 1.38 bits per heavy atom. The van der Waals surface area contributed by atoms with Crippen LogP contribution < -0.4 is 10.0 Å². The molecule has 0 saturated carbocycles. The third-order valence-electron chi connectivity index (χ3n) is 2.51. The standard InChI is InChI=1S/C12H15BrF2N2O3S/c1-3-4-16-12(18)7(2)17-21(19,20)11-9(13)5-8(14)6-10(11)15/h5-7,17H,3-4H2,1-2H3,(H,16,18). The fourth-order valence-electron chi connectivity index (χ4n) is 1.53. The molecule has 1 rings (SSSR count). The van der Waals surface area contributed by atoms with Gasteiger partial charge in [0.25, 0.3) is 0 Å². The van der Waals surface area contributed by atoms with Crippen LogP contribution in [0.4, 0.5) is 8.78 Å². The second-order valence-electron chi connectivity index (χ2n) is 4.33. The van der Waals surface area contributed by atoms with Crippen molar-refractivity contribution in [3.63, 3.8) is 0 Å². The summed E-state index contributed by atoms with van der Waals surface area (Å²) >= 11 is 2.80. The van der Waals surface area contributed by atoms with Crippen molar-refractivity contribution in [2.24, 2.45) is 0 Å². The van der Waals surface area contributed by atoms with Gasteiger partial charge in [0.05, 0.1) is 6.04 Å². The van der Waals surface area contributed by atoms with Crippen LogP contribution in [0, 0.1) is 11.6 Å². The second-order valence-corrected chi connectivity index (χ2v) is 6.84. The van der Waals surface area contributed by atoms with E-state index < -0.39 is 38.5 Å². The molecule has 0 spiro atoms. The monoisotopic (exact) mass is 384 g/mol. The van der Waals surface area contributed by atoms with Crippen molar-refractivity contribution in [1.29, 1.82) is 0 Å². The molecule has 0 aliphatic rings. The minimum atomic E-state index is -4.31. The molecule has 0 heterocycles. The number of rotatable bonds is 6. The molecular formula is C12H15BrF2N2O3S. The van der Waals surface area contributed by atoms with Crippen molar-refractivity contribution in [2.75, 3.05) is 6.54 Å². The van der Waals surface area contributed by atoms with E-state index in [0.29, 0.717) is 19.0 Å². The van der Waals surface area contributed by atoms with Gasteiger partial charge in [-0.3, -0.25) is 4.79 Å². The molecule has 9 heteroatoms. The van der Waals surface area contributed by atoms with Crippen LogP contribution in [0.25, 0.3) is 0 Å². The van der Waals surface area contributed by atoms with Gasteiger partial charge in [-0.1, -0.05) is 6.92 Å². The summed E-state index contributed by atoms with van der Waals surface area (Å²) in [5.74, 6) is -2.68. The zero-order valence-corrected chi connectivity index (χ0v) is 13.8. The molecule has 21 heavy (non-hydrogen) atoms. The fraction of sp³-hybridized carbons (Fsp3) is 0.417. The molecule has 0 aliphatic heterocycles. The summed E-state index contributed by atoms with van der Waals surface area (Å²) < 4.78 is 52.6. The Morgan fingerprint density at radius 2 is 2.00 bits per heavy atom. The van der Waals surface area contributed by atoms with Crippen molar-refractivity contribution < 1.29 is 22.0 Å². The molecule has 0 fully saturated rings. The highest BCUT2D eigenvalue weighted by Gasteiger charge is 2.27. The van der Waals surface area contributed by atoms with Gasteiger partial charge in [0.15, 0.2) is 0 Å². The van der Waals surface area contributed by atoms with Gasteiger partial charge >= 0.3 is 0 Å². The molecule has 0 bridgehead atoms. The Labute approximate surface area is 130 Å². The maximum absolute atomic E-state index is 13.7. The third-order valence-corrected chi connectivity index (χ3v) is 5.01. The summed E-state index contributed by atoms with van der Waals surface area (Å²) in [7, 11) is -4.31. The minimum Gasteiger partial charge on any atom is -0.355 e. The van der Waals surface area contributed by atoms with Gasteiger partial charge in [-0.2, -0.15) is 4.72 Å². The van der Waals surface area contributed by atoms with Gasteiger partial charge < -0.3 is 5.32 Å². The van der Waals surface area contributed by atoms with E-state index in [1.807, 2.05) is 6.92 Å². The van der Waals surface area contributed by atoms with Crippen LogP contribution in [0.1, 0.15) is 20.3 Å². The van der Waals surface area contributed by atoms with Gasteiger partial charge in [0.1, 0.15) is 16.5 Å². The van der Waals surface area contributed by atoms with Crippen LogP contribution in [-0.4, -0.2) is 26.9 Å². The third kappa shape index (κ3) is 4.72. The smallest absolute Gasteiger partial charge is 0.245 e. The lowest BCUT2D eigenvalue weighted by atomic mass is 10.3. The number of carbonyl (C=O) groups is 1. The molecule has 1 amide bonds. The fourth-order valence-corrected chi connectivity index (χ4v) is 3.90. The Bertz CT molecular complexity index is 614. The Kier molecular flexibility index (Phi) is 6.24. The highest BCUT2D eigenvalue weighted by Crippen LogP contribution is 2.26. The normalized spacial score (nSPS) is 13.0. The van der Waals surface area contributed by atoms with Crippen molar-refractivity contribution in [2.45, 2.75) is 31.2 Å². The Morgan fingerprint density at radius 3 is 2.52 bits per heavy atom. The zero-order chi connectivity index (χ0) is 16.2. The number of halogens is 3. The summed E-state index contributed by atoms with van der Waals surface area (Å²) in [6, 6.07) is 0.207. The quantitative estimate of drug-likeness (QED) is 0.786. The van der Waals surface area contributed by atoms with Gasteiger partial charge in [-0.05, 0) is 35.3 Å². The summed E-state index contributed by atoms with van der Waals surface area (Å²) in [6.45, 7) is 3.58. The van der Waals surface area contributed by atoms with Crippen LogP contribution in [0.2, 0.25) is 0 Å². The maximum Gasteiger partial charge on any atom is 0.245 e. The van der Waals surface area contributed by atoms with Crippen LogP contribution in [0.3, 0.4) is 0 Å². The van der Waals surface area contributed by atoms with Crippen LogP contribution in [-0.2, 0) is 14.8 Å². The highest BCUT2D eigenvalue weighted by atomic mass is 79.9. The van der Waals surface area contributed by atoms with Crippen molar-refractivity contribution in [3.05, 3.63) is 28.2 Å². The average Bonchev–Trinajstić information content (AvgIpc) is 2.33. The van der Waals surface area contributed by atoms with E-state index in [9.17, 15) is 22.0 Å². The SMILES string of the molecule is CCCNC(=O)C(C)NS(=O)(=O)c1c(F)cc(F)cc1Br. The number of nitrogens with one attached hydrogen (secondary N) is 2. The van der Waals surface area contributed by atoms with Crippen molar-refractivity contribution in [3.8, 4) is 0 Å². The Balaban J connectivity index is 3.00. The summed E-state index contributed by atoms with van der Waals surface area (Å²) in [4.78, 5) is 10.9. The van der Waals surface area contributed by atoms with Crippen LogP contribution >= 0.6 is 15.9 Å². The number of hydrogen-bond acceptors (Lipinski definition) is 3. The number of benzene rings is 1. The number of carbonyl (C=O) groups excluding carboxylic acids is 1. The summed E-state index contributed by atoms with van der Waals surface area (Å²) in [5.41, 5.74) is 0. The first-order valence-corrected chi connectivity index (χ1v) is 8.41. The first-order valence-electron chi connectivity index (χ1n) is 6.13. The molecule has 1 atom stereocenters. The van der Waals surface area contributed by atoms with E-state index in [0.717, 1.165) is 6.07 Å². The van der Waals surface area contributed by atoms with Crippen molar-refractivity contribution in [1.82, 2.24) is 10.0 Å². The van der Waals surface area contributed by atoms with Crippen LogP contribution in [0.15, 0.2) is 21.5 Å². The molecule has 2 N–H and O–H groups in total. The van der Waals surface area contributed by atoms with E-state index >= 15 is 0 Å². The maximum atomic E-state index is 13.7. The van der Waals surface area contributed by atoms with Gasteiger partial charge in [-0.15, -0.1) is 0 Å². The molecule has 0 aliphatic carbocycles. The molecule has 0 saturated heterocycles. The predicted octanol–water partition coefficient (Wildman–Crippen LogP) is 1.92. The second kappa shape index (κ2) is 7.28. The minimum absolute atomic E-state index is 0.256. The van der Waals surface area contributed by atoms with Gasteiger partial charge in [-0.25, -0.2) is 17.2 Å². The van der Waals surface area contributed by atoms with E-state index in [1.165, 1.54) is 6.92 Å². The van der Waals surface area contributed by atoms with Crippen LogP contribution in [0.5, 0.6) is 0 Å². The number of hydrogen-bond donors (Lipinski definition) is 2. The highest BCUT2D eigenvalue weighted by molar-refractivity contribution is 9.10. The summed E-state index contributed by atoms with van der Waals surface area (Å²) in [6.07, 6.45) is 0.698. The molecular weight excluding hydrogens is 370 g/mol. The van der Waals surface area contributed by atoms with E-state index in [2.05, 4.69) is 26.0 Å². The largest absolute Gasteiger partial charge is 0.355 e. The van der Waals surface area contributed by atoms with Gasteiger partial charge in [0, 0.05) is 17.1 Å². The topological polar surface area (TPSA) is 75.3 Å². The molecule has 5 nitrogen and oxygen atoms in total. The molecule has 0 radical (unpaired) electrons. The predicted molar refractivity (Wildman–Crippen MR) is 77.1 cm³/mol. The first-order chi connectivity index (χ1) is 9.69. The Hall–Kier alpha value is -1.06. The lowest BCUT2D eigenvalue weighted by Gasteiger charge is -2.15. The van der Waals surface area contributed by atoms with Gasteiger partial charge in [0.2, 0.25) is 15.9 Å². The zero-order valence-electron chi connectivity index (χ0n) is 11.4. The molecule has 118 valence electrons. The lowest BCUT2D eigenvalue weighted by molar-refractivity contribution is -0.122.